The van der Waals surface area contributed by atoms with Crippen LogP contribution in [-0.4, -0.2) is 23.5 Å². The zero-order valence-corrected chi connectivity index (χ0v) is 8.11. The average Bonchev–Trinajstić information content (AvgIpc) is 2.52. The van der Waals surface area contributed by atoms with Crippen molar-refractivity contribution in [2.24, 2.45) is 0 Å². The average molecular weight is 179 g/mol. The molecule has 0 bridgehead atoms. The molecule has 4 nitrogen and oxygen atoms in total. The van der Waals surface area contributed by atoms with Gasteiger partial charge in [0.15, 0.2) is 5.69 Å². The zero-order chi connectivity index (χ0) is 9.90. The molecule has 0 aromatic carbocycles. The quantitative estimate of drug-likeness (QED) is 0.699. The van der Waals surface area contributed by atoms with Crippen LogP contribution >= 0.6 is 0 Å². The summed E-state index contributed by atoms with van der Waals surface area (Å²) in [6.07, 6.45) is 1.79. The largest absolute Gasteiger partial charge is 0.382 e. The molecular weight excluding hydrogens is 166 g/mol. The molecule has 70 valence electrons. The van der Waals surface area contributed by atoms with Crippen molar-refractivity contribution in [3.8, 4) is 6.07 Å². The van der Waals surface area contributed by atoms with E-state index in [1.165, 1.54) is 0 Å². The van der Waals surface area contributed by atoms with Gasteiger partial charge in [0.25, 0.3) is 0 Å². The maximum absolute atomic E-state index is 8.59. The molecule has 0 saturated carbocycles. The fraction of sp³-hybridized carbons (Fsp3) is 0.556. The summed E-state index contributed by atoms with van der Waals surface area (Å²) < 4.78 is 6.81. The molecule has 0 radical (unpaired) electrons. The predicted octanol–water partition coefficient (Wildman–Crippen LogP) is 1.14. The predicted molar refractivity (Wildman–Crippen MR) is 48.1 cm³/mol. The van der Waals surface area contributed by atoms with Gasteiger partial charge in [-0.1, -0.05) is 0 Å². The van der Waals surface area contributed by atoms with Crippen LogP contribution in [0, 0.1) is 11.3 Å². The minimum atomic E-state index is -0.205. The summed E-state index contributed by atoms with van der Waals surface area (Å²) in [7, 11) is 1.65. The van der Waals surface area contributed by atoms with Crippen LogP contribution < -0.4 is 0 Å². The molecule has 1 rings (SSSR count). The maximum Gasteiger partial charge on any atom is 0.162 e. The van der Waals surface area contributed by atoms with Crippen molar-refractivity contribution in [1.82, 2.24) is 9.78 Å². The van der Waals surface area contributed by atoms with Crippen molar-refractivity contribution in [2.75, 3.05) is 13.7 Å². The van der Waals surface area contributed by atoms with Crippen LogP contribution in [0.5, 0.6) is 0 Å². The monoisotopic (exact) mass is 179 g/mol. The summed E-state index contributed by atoms with van der Waals surface area (Å²) in [6.45, 7) is 4.58. The second-order valence-corrected chi connectivity index (χ2v) is 3.50. The van der Waals surface area contributed by atoms with Crippen LogP contribution in [0.3, 0.4) is 0 Å². The lowest BCUT2D eigenvalue weighted by Crippen LogP contribution is -2.31. The van der Waals surface area contributed by atoms with Crippen molar-refractivity contribution in [3.05, 3.63) is 18.0 Å². The van der Waals surface area contributed by atoms with Crippen molar-refractivity contribution < 1.29 is 4.74 Å². The van der Waals surface area contributed by atoms with Crippen LogP contribution in [0.25, 0.3) is 0 Å². The number of nitriles is 1. The summed E-state index contributed by atoms with van der Waals surface area (Å²) in [4.78, 5) is 0. The molecule has 0 aliphatic heterocycles. The molecule has 0 aliphatic carbocycles. The topological polar surface area (TPSA) is 50.8 Å². The van der Waals surface area contributed by atoms with Crippen LogP contribution in [0.1, 0.15) is 19.5 Å². The summed E-state index contributed by atoms with van der Waals surface area (Å²) in [5.41, 5.74) is 0.230. The minimum absolute atomic E-state index is 0.205. The third-order valence-electron chi connectivity index (χ3n) is 1.82. The van der Waals surface area contributed by atoms with Crippen molar-refractivity contribution >= 4 is 0 Å². The lowest BCUT2D eigenvalue weighted by atomic mass is 10.1. The third kappa shape index (κ3) is 2.07. The SMILES string of the molecule is COCC(C)(C)n1ccc(C#N)n1. The van der Waals surface area contributed by atoms with Crippen molar-refractivity contribution in [1.29, 1.82) is 5.26 Å². The summed E-state index contributed by atoms with van der Waals surface area (Å²) >= 11 is 0. The van der Waals surface area contributed by atoms with E-state index in [2.05, 4.69) is 5.10 Å². The van der Waals surface area contributed by atoms with E-state index in [-0.39, 0.29) is 5.54 Å². The molecule has 0 atom stereocenters. The highest BCUT2D eigenvalue weighted by atomic mass is 16.5. The molecular formula is C9H13N3O. The Labute approximate surface area is 77.7 Å². The molecule has 4 heteroatoms. The molecule has 0 unspecified atom stereocenters. The number of aromatic nitrogens is 2. The van der Waals surface area contributed by atoms with Crippen LogP contribution in [0.2, 0.25) is 0 Å². The van der Waals surface area contributed by atoms with Crippen LogP contribution in [0.4, 0.5) is 0 Å². The minimum Gasteiger partial charge on any atom is -0.382 e. The zero-order valence-electron chi connectivity index (χ0n) is 8.11. The second kappa shape index (κ2) is 3.58. The molecule has 0 aliphatic rings. The highest BCUT2D eigenvalue weighted by Gasteiger charge is 2.20. The lowest BCUT2D eigenvalue weighted by Gasteiger charge is -2.23. The van der Waals surface area contributed by atoms with Gasteiger partial charge >= 0.3 is 0 Å². The van der Waals surface area contributed by atoms with Crippen molar-refractivity contribution in [3.63, 3.8) is 0 Å². The molecule has 0 N–H and O–H groups in total. The maximum atomic E-state index is 8.59. The molecule has 13 heavy (non-hydrogen) atoms. The first-order valence-corrected chi connectivity index (χ1v) is 4.05. The Morgan fingerprint density at radius 1 is 1.69 bits per heavy atom. The smallest absolute Gasteiger partial charge is 0.162 e. The van der Waals surface area contributed by atoms with E-state index in [4.69, 9.17) is 10.00 Å². The Bertz CT molecular complexity index is 322. The molecule has 1 aromatic heterocycles. The Kier molecular flexibility index (Phi) is 2.69. The van der Waals surface area contributed by atoms with Gasteiger partial charge in [-0.2, -0.15) is 10.4 Å². The number of ether oxygens (including phenoxy) is 1. The van der Waals surface area contributed by atoms with Gasteiger partial charge in [-0.3, -0.25) is 4.68 Å². The number of nitrogens with zero attached hydrogens (tertiary/aromatic N) is 3. The molecule has 0 amide bonds. The van der Waals surface area contributed by atoms with Gasteiger partial charge < -0.3 is 4.74 Å². The summed E-state index contributed by atoms with van der Waals surface area (Å²) in [6, 6.07) is 3.68. The summed E-state index contributed by atoms with van der Waals surface area (Å²) in [5.74, 6) is 0. The normalized spacial score (nSPS) is 11.2. The highest BCUT2D eigenvalue weighted by molar-refractivity contribution is 5.17. The highest BCUT2D eigenvalue weighted by Crippen LogP contribution is 2.14. The van der Waals surface area contributed by atoms with Crippen molar-refractivity contribution in [2.45, 2.75) is 19.4 Å². The molecule has 0 fully saturated rings. The van der Waals surface area contributed by atoms with E-state index in [1.54, 1.807) is 24.1 Å². The Balaban J connectivity index is 2.88. The van der Waals surface area contributed by atoms with E-state index in [0.29, 0.717) is 12.3 Å². The second-order valence-electron chi connectivity index (χ2n) is 3.50. The Hall–Kier alpha value is -1.34. The molecule has 0 spiro atoms. The molecule has 1 heterocycles. The van der Waals surface area contributed by atoms with Crippen LogP contribution in [-0.2, 0) is 10.3 Å². The fourth-order valence-corrected chi connectivity index (χ4v) is 1.14. The van der Waals surface area contributed by atoms with Gasteiger partial charge in [0.05, 0.1) is 12.1 Å². The first-order valence-electron chi connectivity index (χ1n) is 4.05. The van der Waals surface area contributed by atoms with Gasteiger partial charge in [-0.25, -0.2) is 0 Å². The van der Waals surface area contributed by atoms with E-state index < -0.39 is 0 Å². The van der Waals surface area contributed by atoms with E-state index in [1.807, 2.05) is 19.9 Å². The number of rotatable bonds is 3. The van der Waals surface area contributed by atoms with E-state index in [9.17, 15) is 0 Å². The third-order valence-corrected chi connectivity index (χ3v) is 1.82. The number of hydrogen-bond acceptors (Lipinski definition) is 3. The first-order chi connectivity index (χ1) is 6.10. The van der Waals surface area contributed by atoms with Gasteiger partial charge in [0, 0.05) is 13.3 Å². The molecule has 1 aromatic rings. The lowest BCUT2D eigenvalue weighted by molar-refractivity contribution is 0.101. The Morgan fingerprint density at radius 2 is 2.38 bits per heavy atom. The van der Waals surface area contributed by atoms with Gasteiger partial charge in [-0.15, -0.1) is 0 Å². The molecule has 0 saturated heterocycles. The van der Waals surface area contributed by atoms with Gasteiger partial charge in [0.1, 0.15) is 6.07 Å². The first kappa shape index (κ1) is 9.75. The van der Waals surface area contributed by atoms with Gasteiger partial charge in [-0.05, 0) is 19.9 Å². The van der Waals surface area contributed by atoms with E-state index in [0.717, 1.165) is 0 Å². The standard InChI is InChI=1S/C9H13N3O/c1-9(2,7-13-3)12-5-4-8(6-10)11-12/h4-5H,7H2,1-3H3. The Morgan fingerprint density at radius 3 is 2.85 bits per heavy atom. The van der Waals surface area contributed by atoms with E-state index >= 15 is 0 Å². The number of hydrogen-bond donors (Lipinski definition) is 0. The fourth-order valence-electron chi connectivity index (χ4n) is 1.14. The van der Waals surface area contributed by atoms with Crippen LogP contribution in [0.15, 0.2) is 12.3 Å². The summed E-state index contributed by atoms with van der Waals surface area (Å²) in [5, 5.41) is 12.7. The van der Waals surface area contributed by atoms with Gasteiger partial charge in [0.2, 0.25) is 0 Å². The number of methoxy groups -OCH3 is 1.